The highest BCUT2D eigenvalue weighted by molar-refractivity contribution is 7.89. The van der Waals surface area contributed by atoms with Crippen LogP contribution in [0.5, 0.6) is 0 Å². The van der Waals surface area contributed by atoms with E-state index in [0.717, 1.165) is 32.2 Å². The summed E-state index contributed by atoms with van der Waals surface area (Å²) in [7, 11) is -1.52. The Morgan fingerprint density at radius 1 is 1.35 bits per heavy atom. The Balaban J connectivity index is 1.94. The molecular formula is C11H22N2O3S. The van der Waals surface area contributed by atoms with E-state index in [1.165, 1.54) is 0 Å². The third-order valence-corrected chi connectivity index (χ3v) is 5.42. The van der Waals surface area contributed by atoms with Gasteiger partial charge in [-0.25, -0.2) is 8.42 Å². The first-order valence-electron chi connectivity index (χ1n) is 6.35. The molecule has 2 fully saturated rings. The first-order chi connectivity index (χ1) is 8.13. The molecule has 1 saturated heterocycles. The summed E-state index contributed by atoms with van der Waals surface area (Å²) in [5.74, 6) is 0.243. The Bertz CT molecular complexity index is 335. The molecule has 0 aromatic carbocycles. The monoisotopic (exact) mass is 262 g/mol. The highest BCUT2D eigenvalue weighted by Gasteiger charge is 2.38. The van der Waals surface area contributed by atoms with Crippen LogP contribution in [0.1, 0.15) is 25.7 Å². The molecule has 100 valence electrons. The van der Waals surface area contributed by atoms with Crippen LogP contribution in [-0.4, -0.2) is 57.4 Å². The summed E-state index contributed by atoms with van der Waals surface area (Å²) in [5.41, 5.74) is 0. The maximum Gasteiger partial charge on any atom is 0.215 e. The van der Waals surface area contributed by atoms with E-state index >= 15 is 0 Å². The zero-order valence-electron chi connectivity index (χ0n) is 10.4. The van der Waals surface area contributed by atoms with Crippen LogP contribution in [0, 0.1) is 0 Å². The molecule has 0 bridgehead atoms. The average molecular weight is 262 g/mol. The number of methoxy groups -OCH3 is 1. The van der Waals surface area contributed by atoms with Gasteiger partial charge in [0.25, 0.3) is 0 Å². The molecule has 1 heterocycles. The molecule has 1 N–H and O–H groups in total. The SMILES string of the molecule is COCCN(C1CC1)S(=O)(=O)CC1CCCN1. The van der Waals surface area contributed by atoms with Crippen LogP contribution < -0.4 is 5.32 Å². The lowest BCUT2D eigenvalue weighted by atomic mass is 10.3. The molecule has 0 aromatic rings. The number of rotatable bonds is 7. The van der Waals surface area contributed by atoms with Gasteiger partial charge in [-0.15, -0.1) is 0 Å². The van der Waals surface area contributed by atoms with Crippen molar-refractivity contribution in [1.82, 2.24) is 9.62 Å². The van der Waals surface area contributed by atoms with Gasteiger partial charge < -0.3 is 10.1 Å². The molecule has 1 unspecified atom stereocenters. The van der Waals surface area contributed by atoms with E-state index in [1.54, 1.807) is 11.4 Å². The minimum absolute atomic E-state index is 0.142. The van der Waals surface area contributed by atoms with Gasteiger partial charge in [-0.1, -0.05) is 0 Å². The smallest absolute Gasteiger partial charge is 0.215 e. The summed E-state index contributed by atoms with van der Waals surface area (Å²) in [6, 6.07) is 0.375. The summed E-state index contributed by atoms with van der Waals surface area (Å²) in [6.45, 7) is 1.92. The number of sulfonamides is 1. The standard InChI is InChI=1S/C11H22N2O3S/c1-16-8-7-13(11-4-5-11)17(14,15)9-10-3-2-6-12-10/h10-12H,2-9H2,1H3. The van der Waals surface area contributed by atoms with Crippen molar-refractivity contribution in [2.45, 2.75) is 37.8 Å². The van der Waals surface area contributed by atoms with Crippen molar-refractivity contribution in [2.75, 3.05) is 32.6 Å². The quantitative estimate of drug-likeness (QED) is 0.711. The molecular weight excluding hydrogens is 240 g/mol. The molecule has 2 aliphatic rings. The van der Waals surface area contributed by atoms with Crippen molar-refractivity contribution in [3.05, 3.63) is 0 Å². The summed E-state index contributed by atoms with van der Waals surface area (Å²) >= 11 is 0. The van der Waals surface area contributed by atoms with E-state index in [-0.39, 0.29) is 17.8 Å². The van der Waals surface area contributed by atoms with Gasteiger partial charge in [-0.05, 0) is 32.2 Å². The predicted molar refractivity (Wildman–Crippen MR) is 66.4 cm³/mol. The molecule has 0 amide bonds. The second-order valence-corrected chi connectivity index (χ2v) is 6.87. The minimum Gasteiger partial charge on any atom is -0.383 e. The molecule has 0 aromatic heterocycles. The Morgan fingerprint density at radius 3 is 2.65 bits per heavy atom. The van der Waals surface area contributed by atoms with Gasteiger partial charge in [-0.3, -0.25) is 0 Å². The predicted octanol–water partition coefficient (Wildman–Crippen LogP) is 0.179. The number of nitrogens with zero attached hydrogens (tertiary/aromatic N) is 1. The normalized spacial score (nSPS) is 25.6. The molecule has 1 aliphatic heterocycles. The fraction of sp³-hybridized carbons (Fsp3) is 1.00. The van der Waals surface area contributed by atoms with Gasteiger partial charge in [0.2, 0.25) is 10.0 Å². The number of hydrogen-bond donors (Lipinski definition) is 1. The maximum atomic E-state index is 12.3. The average Bonchev–Trinajstić information content (AvgIpc) is 2.97. The zero-order chi connectivity index (χ0) is 12.3. The Kier molecular flexibility index (Phi) is 4.41. The third-order valence-electron chi connectivity index (χ3n) is 3.40. The first-order valence-corrected chi connectivity index (χ1v) is 7.96. The van der Waals surface area contributed by atoms with Gasteiger partial charge in [0, 0.05) is 25.7 Å². The topological polar surface area (TPSA) is 58.6 Å². The van der Waals surface area contributed by atoms with Crippen LogP contribution in [0.2, 0.25) is 0 Å². The van der Waals surface area contributed by atoms with Gasteiger partial charge in [0.05, 0.1) is 12.4 Å². The third kappa shape index (κ3) is 3.64. The van der Waals surface area contributed by atoms with Crippen molar-refractivity contribution in [3.8, 4) is 0 Å². The van der Waals surface area contributed by atoms with E-state index < -0.39 is 10.0 Å². The van der Waals surface area contributed by atoms with Crippen molar-refractivity contribution in [3.63, 3.8) is 0 Å². The second-order valence-electron chi connectivity index (χ2n) is 4.91. The molecule has 2 rings (SSSR count). The van der Waals surface area contributed by atoms with E-state index in [0.29, 0.717) is 13.2 Å². The summed E-state index contributed by atoms with van der Waals surface area (Å²) in [4.78, 5) is 0. The lowest BCUT2D eigenvalue weighted by Crippen LogP contribution is -2.42. The van der Waals surface area contributed by atoms with Crippen molar-refractivity contribution >= 4 is 10.0 Å². The molecule has 6 heteroatoms. The van der Waals surface area contributed by atoms with Crippen LogP contribution in [0.15, 0.2) is 0 Å². The molecule has 1 saturated carbocycles. The van der Waals surface area contributed by atoms with Crippen molar-refractivity contribution in [2.24, 2.45) is 0 Å². The minimum atomic E-state index is -3.12. The lowest BCUT2D eigenvalue weighted by molar-refractivity contribution is 0.177. The van der Waals surface area contributed by atoms with Crippen molar-refractivity contribution < 1.29 is 13.2 Å². The van der Waals surface area contributed by atoms with Gasteiger partial charge in [0.1, 0.15) is 0 Å². The highest BCUT2D eigenvalue weighted by atomic mass is 32.2. The summed E-state index contributed by atoms with van der Waals surface area (Å²) in [6.07, 6.45) is 4.06. The Morgan fingerprint density at radius 2 is 2.12 bits per heavy atom. The second kappa shape index (κ2) is 5.65. The van der Waals surface area contributed by atoms with Crippen LogP contribution in [-0.2, 0) is 14.8 Å². The number of nitrogens with one attached hydrogen (secondary N) is 1. The molecule has 1 aliphatic carbocycles. The van der Waals surface area contributed by atoms with Crippen LogP contribution in [0.25, 0.3) is 0 Å². The van der Waals surface area contributed by atoms with E-state index in [1.807, 2.05) is 0 Å². The van der Waals surface area contributed by atoms with E-state index in [4.69, 9.17) is 4.74 Å². The summed E-state index contributed by atoms with van der Waals surface area (Å²) < 4.78 is 31.3. The lowest BCUT2D eigenvalue weighted by Gasteiger charge is -2.23. The van der Waals surface area contributed by atoms with Crippen LogP contribution in [0.3, 0.4) is 0 Å². The first kappa shape index (κ1) is 13.3. The molecule has 0 radical (unpaired) electrons. The van der Waals surface area contributed by atoms with Gasteiger partial charge in [-0.2, -0.15) is 4.31 Å². The molecule has 1 atom stereocenters. The zero-order valence-corrected chi connectivity index (χ0v) is 11.2. The van der Waals surface area contributed by atoms with Crippen LogP contribution >= 0.6 is 0 Å². The highest BCUT2D eigenvalue weighted by Crippen LogP contribution is 2.29. The Labute approximate surface area is 104 Å². The van der Waals surface area contributed by atoms with E-state index in [9.17, 15) is 8.42 Å². The van der Waals surface area contributed by atoms with Gasteiger partial charge in [0.15, 0.2) is 0 Å². The summed E-state index contributed by atoms with van der Waals surface area (Å²) in [5, 5.41) is 3.25. The number of ether oxygens (including phenoxy) is 1. The molecule has 5 nitrogen and oxygen atoms in total. The molecule has 0 spiro atoms. The maximum absolute atomic E-state index is 12.3. The van der Waals surface area contributed by atoms with Gasteiger partial charge >= 0.3 is 0 Å². The van der Waals surface area contributed by atoms with Crippen LogP contribution in [0.4, 0.5) is 0 Å². The fourth-order valence-electron chi connectivity index (χ4n) is 2.34. The van der Waals surface area contributed by atoms with Crippen molar-refractivity contribution in [1.29, 1.82) is 0 Å². The fourth-order valence-corrected chi connectivity index (χ4v) is 4.34. The largest absolute Gasteiger partial charge is 0.383 e. The van der Waals surface area contributed by atoms with E-state index in [2.05, 4.69) is 5.32 Å². The Hall–Kier alpha value is -0.170. The number of hydrogen-bond acceptors (Lipinski definition) is 4. The molecule has 17 heavy (non-hydrogen) atoms.